The zero-order valence-corrected chi connectivity index (χ0v) is 17.3. The number of aromatic nitrogens is 2. The summed E-state index contributed by atoms with van der Waals surface area (Å²) in [6.45, 7) is 1.03. The standard InChI is InChI=1S/C20H26N4O4S/c1-28-18-9-8-14(12-19(18)29(26,27)24-10-4-5-11-24)16-13-17(23-22-16)20(25)21-15-6-2-3-7-15/h8-9,12-13,15H,2-7,10-11H2,1H3,(H,21,25)(H,22,23). The van der Waals surface area contributed by atoms with Crippen molar-refractivity contribution >= 4 is 15.9 Å². The number of amides is 1. The maximum Gasteiger partial charge on any atom is 0.269 e. The van der Waals surface area contributed by atoms with Crippen LogP contribution in [0.1, 0.15) is 49.0 Å². The first-order valence-electron chi connectivity index (χ1n) is 10.0. The van der Waals surface area contributed by atoms with Gasteiger partial charge in [-0.3, -0.25) is 9.89 Å². The largest absolute Gasteiger partial charge is 0.495 e. The van der Waals surface area contributed by atoms with E-state index in [1.165, 1.54) is 11.4 Å². The number of H-pyrrole nitrogens is 1. The van der Waals surface area contributed by atoms with E-state index >= 15 is 0 Å². The summed E-state index contributed by atoms with van der Waals surface area (Å²) in [6, 6.07) is 6.81. The van der Waals surface area contributed by atoms with Gasteiger partial charge in [0.2, 0.25) is 10.0 Å². The van der Waals surface area contributed by atoms with Gasteiger partial charge in [0.25, 0.3) is 5.91 Å². The van der Waals surface area contributed by atoms with Crippen LogP contribution in [0.3, 0.4) is 0 Å². The molecule has 1 saturated carbocycles. The Hall–Kier alpha value is -2.39. The van der Waals surface area contributed by atoms with Crippen LogP contribution >= 0.6 is 0 Å². The number of methoxy groups -OCH3 is 1. The van der Waals surface area contributed by atoms with Crippen LogP contribution in [-0.2, 0) is 10.0 Å². The molecule has 1 aromatic heterocycles. The summed E-state index contributed by atoms with van der Waals surface area (Å²) < 4.78 is 32.9. The average Bonchev–Trinajstić information content (AvgIpc) is 3.49. The second kappa shape index (κ2) is 8.16. The fourth-order valence-corrected chi connectivity index (χ4v) is 5.72. The molecule has 1 saturated heterocycles. The van der Waals surface area contributed by atoms with Gasteiger partial charge in [-0.15, -0.1) is 0 Å². The molecule has 29 heavy (non-hydrogen) atoms. The monoisotopic (exact) mass is 418 g/mol. The zero-order chi connectivity index (χ0) is 20.4. The Labute approximate surface area is 170 Å². The van der Waals surface area contributed by atoms with Gasteiger partial charge in [0, 0.05) is 24.7 Å². The maximum atomic E-state index is 13.1. The topological polar surface area (TPSA) is 104 Å². The SMILES string of the molecule is COc1ccc(-c2cc(C(=O)NC3CCCC3)[nH]n2)cc1S(=O)(=O)N1CCCC1. The molecule has 1 aromatic carbocycles. The van der Waals surface area contributed by atoms with Gasteiger partial charge in [0.1, 0.15) is 16.3 Å². The summed E-state index contributed by atoms with van der Waals surface area (Å²) in [6.07, 6.45) is 6.00. The van der Waals surface area contributed by atoms with Crippen molar-refractivity contribution in [1.29, 1.82) is 0 Å². The van der Waals surface area contributed by atoms with E-state index in [-0.39, 0.29) is 16.8 Å². The van der Waals surface area contributed by atoms with E-state index in [1.54, 1.807) is 24.3 Å². The number of carbonyl (C=O) groups excluding carboxylic acids is 1. The third-order valence-corrected chi connectivity index (χ3v) is 7.57. The van der Waals surface area contributed by atoms with Crippen LogP contribution in [0, 0.1) is 0 Å². The maximum absolute atomic E-state index is 13.1. The van der Waals surface area contributed by atoms with E-state index in [0.29, 0.717) is 35.8 Å². The number of hydrogen-bond donors (Lipinski definition) is 2. The van der Waals surface area contributed by atoms with Crippen molar-refractivity contribution in [2.75, 3.05) is 20.2 Å². The summed E-state index contributed by atoms with van der Waals surface area (Å²) in [4.78, 5) is 12.6. The fraction of sp³-hybridized carbons (Fsp3) is 0.500. The Bertz CT molecular complexity index is 990. The van der Waals surface area contributed by atoms with Gasteiger partial charge in [0.15, 0.2) is 0 Å². The molecule has 0 bridgehead atoms. The van der Waals surface area contributed by atoms with Gasteiger partial charge < -0.3 is 10.1 Å². The lowest BCUT2D eigenvalue weighted by Crippen LogP contribution is -2.32. The second-order valence-corrected chi connectivity index (χ2v) is 9.50. The van der Waals surface area contributed by atoms with E-state index in [4.69, 9.17) is 4.74 Å². The van der Waals surface area contributed by atoms with Crippen molar-refractivity contribution in [3.05, 3.63) is 30.0 Å². The van der Waals surface area contributed by atoms with Crippen molar-refractivity contribution in [2.24, 2.45) is 0 Å². The first kappa shape index (κ1) is 19.9. The minimum absolute atomic E-state index is 0.124. The van der Waals surface area contributed by atoms with Gasteiger partial charge in [0.05, 0.1) is 12.8 Å². The van der Waals surface area contributed by atoms with E-state index in [2.05, 4.69) is 15.5 Å². The Morgan fingerprint density at radius 3 is 2.59 bits per heavy atom. The van der Waals surface area contributed by atoms with Crippen LogP contribution < -0.4 is 10.1 Å². The Balaban J connectivity index is 1.61. The summed E-state index contributed by atoms with van der Waals surface area (Å²) in [5, 5.41) is 10.0. The van der Waals surface area contributed by atoms with Crippen molar-refractivity contribution in [1.82, 2.24) is 19.8 Å². The molecule has 0 atom stereocenters. The number of benzene rings is 1. The molecule has 1 amide bonds. The number of hydrogen-bond acceptors (Lipinski definition) is 5. The highest BCUT2D eigenvalue weighted by atomic mass is 32.2. The second-order valence-electron chi connectivity index (χ2n) is 7.60. The molecule has 1 aliphatic heterocycles. The average molecular weight is 419 g/mol. The number of nitrogens with zero attached hydrogens (tertiary/aromatic N) is 2. The molecule has 2 fully saturated rings. The molecule has 156 valence electrons. The first-order chi connectivity index (χ1) is 14.0. The predicted molar refractivity (Wildman–Crippen MR) is 108 cm³/mol. The highest BCUT2D eigenvalue weighted by Crippen LogP contribution is 2.32. The van der Waals surface area contributed by atoms with Crippen molar-refractivity contribution < 1.29 is 17.9 Å². The lowest BCUT2D eigenvalue weighted by molar-refractivity contribution is 0.0933. The highest BCUT2D eigenvalue weighted by Gasteiger charge is 2.30. The lowest BCUT2D eigenvalue weighted by atomic mass is 10.1. The molecular weight excluding hydrogens is 392 g/mol. The summed E-state index contributed by atoms with van der Waals surface area (Å²) in [5.74, 6) is 0.115. The van der Waals surface area contributed by atoms with Crippen LogP contribution in [0.15, 0.2) is 29.2 Å². The van der Waals surface area contributed by atoms with E-state index in [9.17, 15) is 13.2 Å². The number of aromatic amines is 1. The van der Waals surface area contributed by atoms with Crippen LogP contribution in [0.4, 0.5) is 0 Å². The Kier molecular flexibility index (Phi) is 5.60. The summed E-state index contributed by atoms with van der Waals surface area (Å²) in [7, 11) is -2.19. The molecule has 2 aromatic rings. The van der Waals surface area contributed by atoms with Crippen molar-refractivity contribution in [2.45, 2.75) is 49.5 Å². The molecule has 8 nitrogen and oxygen atoms in total. The van der Waals surface area contributed by atoms with Crippen LogP contribution in [0.25, 0.3) is 11.3 Å². The number of ether oxygens (including phenoxy) is 1. The quantitative estimate of drug-likeness (QED) is 0.750. The van der Waals surface area contributed by atoms with Gasteiger partial charge in [-0.05, 0) is 49.9 Å². The number of carbonyl (C=O) groups is 1. The minimum Gasteiger partial charge on any atom is -0.495 e. The molecule has 2 aliphatic rings. The molecule has 1 aliphatic carbocycles. The summed E-state index contributed by atoms with van der Waals surface area (Å²) >= 11 is 0. The van der Waals surface area contributed by atoms with E-state index < -0.39 is 10.0 Å². The first-order valence-corrected chi connectivity index (χ1v) is 11.5. The van der Waals surface area contributed by atoms with Crippen molar-refractivity contribution in [3.8, 4) is 17.0 Å². The Morgan fingerprint density at radius 2 is 1.90 bits per heavy atom. The van der Waals surface area contributed by atoms with Crippen LogP contribution in [-0.4, -0.2) is 55.1 Å². The molecule has 0 radical (unpaired) electrons. The third-order valence-electron chi connectivity index (χ3n) is 5.66. The number of sulfonamides is 1. The molecule has 2 N–H and O–H groups in total. The number of nitrogens with one attached hydrogen (secondary N) is 2. The molecule has 0 spiro atoms. The van der Waals surface area contributed by atoms with E-state index in [0.717, 1.165) is 38.5 Å². The van der Waals surface area contributed by atoms with Gasteiger partial charge in [-0.1, -0.05) is 12.8 Å². The fourth-order valence-electron chi connectivity index (χ4n) is 4.02. The summed E-state index contributed by atoms with van der Waals surface area (Å²) in [5.41, 5.74) is 1.49. The van der Waals surface area contributed by atoms with E-state index in [1.807, 2.05) is 0 Å². The number of rotatable bonds is 6. The molecular formula is C20H26N4O4S. The van der Waals surface area contributed by atoms with Crippen molar-refractivity contribution in [3.63, 3.8) is 0 Å². The van der Waals surface area contributed by atoms with Gasteiger partial charge in [-0.25, -0.2) is 8.42 Å². The molecule has 9 heteroatoms. The lowest BCUT2D eigenvalue weighted by Gasteiger charge is -2.18. The molecule has 2 heterocycles. The minimum atomic E-state index is -3.65. The highest BCUT2D eigenvalue weighted by molar-refractivity contribution is 7.89. The Morgan fingerprint density at radius 1 is 1.17 bits per heavy atom. The molecule has 0 unspecified atom stereocenters. The predicted octanol–water partition coefficient (Wildman–Crippen LogP) is 2.54. The van der Waals surface area contributed by atoms with Crippen LogP contribution in [0.2, 0.25) is 0 Å². The third kappa shape index (κ3) is 4.02. The molecule has 4 rings (SSSR count). The van der Waals surface area contributed by atoms with Gasteiger partial charge in [-0.2, -0.15) is 9.40 Å². The zero-order valence-electron chi connectivity index (χ0n) is 16.5. The van der Waals surface area contributed by atoms with Crippen LogP contribution in [0.5, 0.6) is 5.75 Å². The smallest absolute Gasteiger partial charge is 0.269 e. The normalized spacial score (nSPS) is 18.2. The van der Waals surface area contributed by atoms with Gasteiger partial charge >= 0.3 is 0 Å².